The third-order valence-electron chi connectivity index (χ3n) is 4.28. The van der Waals surface area contributed by atoms with Crippen LogP contribution in [0.4, 0.5) is 10.5 Å². The van der Waals surface area contributed by atoms with Crippen LogP contribution in [0.15, 0.2) is 34.7 Å². The summed E-state index contributed by atoms with van der Waals surface area (Å²) in [4.78, 5) is 38.2. The molecular formula is C18H18ClN3O4. The highest BCUT2D eigenvalue weighted by atomic mass is 35.5. The van der Waals surface area contributed by atoms with Gasteiger partial charge in [-0.15, -0.1) is 0 Å². The maximum Gasteiger partial charge on any atom is 0.325 e. The highest BCUT2D eigenvalue weighted by Crippen LogP contribution is 2.32. The maximum absolute atomic E-state index is 12.8. The number of imide groups is 1. The lowest BCUT2D eigenvalue weighted by Crippen LogP contribution is -2.42. The fourth-order valence-electron chi connectivity index (χ4n) is 3.03. The van der Waals surface area contributed by atoms with Crippen LogP contribution in [-0.4, -0.2) is 29.3 Å². The van der Waals surface area contributed by atoms with Gasteiger partial charge in [0.25, 0.3) is 5.91 Å². The smallest absolute Gasteiger partial charge is 0.325 e. The van der Waals surface area contributed by atoms with Gasteiger partial charge >= 0.3 is 6.03 Å². The molecule has 0 bridgehead atoms. The number of aryl methyl sites for hydroxylation is 2. The van der Waals surface area contributed by atoms with Gasteiger partial charge in [-0.25, -0.2) is 4.79 Å². The summed E-state index contributed by atoms with van der Waals surface area (Å²) in [6.45, 7) is 4.70. The number of nitrogens with zero attached hydrogens (tertiary/aromatic N) is 1. The van der Waals surface area contributed by atoms with Crippen molar-refractivity contribution < 1.29 is 18.8 Å². The van der Waals surface area contributed by atoms with Gasteiger partial charge in [-0.1, -0.05) is 11.6 Å². The predicted molar refractivity (Wildman–Crippen MR) is 95.9 cm³/mol. The van der Waals surface area contributed by atoms with Crippen molar-refractivity contribution in [2.75, 3.05) is 11.9 Å². The normalized spacial score (nSPS) is 19.6. The number of furan rings is 1. The lowest BCUT2D eigenvalue weighted by Gasteiger charge is -2.21. The van der Waals surface area contributed by atoms with Crippen LogP contribution in [0.5, 0.6) is 0 Å². The first kappa shape index (κ1) is 18.0. The number of benzene rings is 1. The fourth-order valence-corrected chi connectivity index (χ4v) is 3.15. The van der Waals surface area contributed by atoms with Crippen LogP contribution in [0.2, 0.25) is 5.02 Å². The molecule has 1 aliphatic rings. The van der Waals surface area contributed by atoms with E-state index in [-0.39, 0.29) is 0 Å². The summed E-state index contributed by atoms with van der Waals surface area (Å²) in [5.41, 5.74) is -0.163. The summed E-state index contributed by atoms with van der Waals surface area (Å²) in [5.74, 6) is 0.198. The van der Waals surface area contributed by atoms with Crippen LogP contribution in [0.3, 0.4) is 0 Å². The third-order valence-corrected chi connectivity index (χ3v) is 4.54. The highest BCUT2D eigenvalue weighted by molar-refractivity contribution is 6.30. The number of nitrogens with one attached hydrogen (secondary N) is 2. The second-order valence-electron chi connectivity index (χ2n) is 6.33. The molecular weight excluding hydrogens is 358 g/mol. The molecule has 1 unspecified atom stereocenters. The van der Waals surface area contributed by atoms with E-state index in [1.165, 1.54) is 0 Å². The molecule has 0 saturated carbocycles. The number of urea groups is 1. The van der Waals surface area contributed by atoms with Gasteiger partial charge in [0.2, 0.25) is 5.91 Å². The molecule has 0 radical (unpaired) electrons. The van der Waals surface area contributed by atoms with Crippen molar-refractivity contribution in [2.45, 2.75) is 26.3 Å². The summed E-state index contributed by atoms with van der Waals surface area (Å²) in [7, 11) is 0. The number of halogens is 1. The molecule has 1 fully saturated rings. The fraction of sp³-hybridized carbons (Fsp3) is 0.278. The molecule has 2 heterocycles. The quantitative estimate of drug-likeness (QED) is 0.803. The van der Waals surface area contributed by atoms with Crippen LogP contribution in [0.1, 0.15) is 24.0 Å². The van der Waals surface area contributed by atoms with Crippen molar-refractivity contribution in [3.05, 3.63) is 52.4 Å². The Bertz CT molecular complexity index is 890. The van der Waals surface area contributed by atoms with Crippen LogP contribution in [0.25, 0.3) is 0 Å². The number of rotatable bonds is 4. The lowest BCUT2D eigenvalue weighted by molar-refractivity contribution is -0.133. The minimum atomic E-state index is -1.26. The summed E-state index contributed by atoms with van der Waals surface area (Å²) >= 11 is 5.80. The van der Waals surface area contributed by atoms with Gasteiger partial charge in [0.1, 0.15) is 23.6 Å². The van der Waals surface area contributed by atoms with E-state index in [0.29, 0.717) is 27.8 Å². The van der Waals surface area contributed by atoms with E-state index in [2.05, 4.69) is 10.6 Å². The summed E-state index contributed by atoms with van der Waals surface area (Å²) in [6, 6.07) is 7.62. The van der Waals surface area contributed by atoms with E-state index in [1.807, 2.05) is 0 Å². The Morgan fingerprint density at radius 1 is 1.27 bits per heavy atom. The molecule has 1 saturated heterocycles. The van der Waals surface area contributed by atoms with Gasteiger partial charge < -0.3 is 15.1 Å². The van der Waals surface area contributed by atoms with Crippen molar-refractivity contribution in [3.63, 3.8) is 0 Å². The van der Waals surface area contributed by atoms with E-state index < -0.39 is 29.9 Å². The molecule has 2 aromatic rings. The first-order chi connectivity index (χ1) is 12.2. The third kappa shape index (κ3) is 3.17. The average Bonchev–Trinajstić information content (AvgIpc) is 3.02. The van der Waals surface area contributed by atoms with Crippen molar-refractivity contribution >= 4 is 35.1 Å². The first-order valence-electron chi connectivity index (χ1n) is 7.98. The van der Waals surface area contributed by atoms with Gasteiger partial charge in [0, 0.05) is 16.3 Å². The van der Waals surface area contributed by atoms with Crippen LogP contribution in [0, 0.1) is 13.8 Å². The molecule has 0 aliphatic carbocycles. The molecule has 1 aliphatic heterocycles. The predicted octanol–water partition coefficient (Wildman–Crippen LogP) is 2.96. The van der Waals surface area contributed by atoms with Gasteiger partial charge in [0.05, 0.1) is 0 Å². The molecule has 2 N–H and O–H groups in total. The Labute approximate surface area is 155 Å². The standard InChI is InChI=1S/C18H18ClN3O4/c1-10-8-14(11(2)26-10)18(3)16(24)22(17(25)21-18)9-15(23)20-13-6-4-12(19)5-7-13/h4-8H,9H2,1-3H3,(H,20,23)(H,21,25). The zero-order valence-corrected chi connectivity index (χ0v) is 15.3. The summed E-state index contributed by atoms with van der Waals surface area (Å²) in [5, 5.41) is 5.83. The van der Waals surface area contributed by atoms with Gasteiger partial charge in [-0.05, 0) is 51.1 Å². The molecule has 0 spiro atoms. The minimum Gasteiger partial charge on any atom is -0.466 e. The molecule has 1 aromatic carbocycles. The van der Waals surface area contributed by atoms with Crippen molar-refractivity contribution in [1.29, 1.82) is 0 Å². The summed E-state index contributed by atoms with van der Waals surface area (Å²) < 4.78 is 5.47. The SMILES string of the molecule is Cc1cc(C2(C)NC(=O)N(CC(=O)Nc3ccc(Cl)cc3)C2=O)c(C)o1. The van der Waals surface area contributed by atoms with Gasteiger partial charge in [-0.3, -0.25) is 14.5 Å². The topological polar surface area (TPSA) is 91.7 Å². The lowest BCUT2D eigenvalue weighted by atomic mass is 9.92. The van der Waals surface area contributed by atoms with Crippen molar-refractivity contribution in [1.82, 2.24) is 10.2 Å². The molecule has 8 heteroatoms. The van der Waals surface area contributed by atoms with E-state index in [4.69, 9.17) is 16.0 Å². The molecule has 7 nitrogen and oxygen atoms in total. The first-order valence-corrected chi connectivity index (χ1v) is 8.35. The Balaban J connectivity index is 1.75. The Morgan fingerprint density at radius 2 is 1.92 bits per heavy atom. The van der Waals surface area contributed by atoms with Gasteiger partial charge in [0.15, 0.2) is 0 Å². The minimum absolute atomic E-state index is 0.390. The van der Waals surface area contributed by atoms with E-state index in [9.17, 15) is 14.4 Å². The zero-order chi connectivity index (χ0) is 19.1. The van der Waals surface area contributed by atoms with Crippen molar-refractivity contribution in [2.24, 2.45) is 0 Å². The number of amides is 4. The maximum atomic E-state index is 12.8. The molecule has 1 aromatic heterocycles. The van der Waals surface area contributed by atoms with Crippen LogP contribution >= 0.6 is 11.6 Å². The number of carbonyl (C=O) groups excluding carboxylic acids is 3. The number of carbonyl (C=O) groups is 3. The zero-order valence-electron chi connectivity index (χ0n) is 14.6. The molecule has 3 rings (SSSR count). The second-order valence-corrected chi connectivity index (χ2v) is 6.76. The second kappa shape index (κ2) is 6.49. The van der Waals surface area contributed by atoms with Crippen LogP contribution in [-0.2, 0) is 15.1 Å². The number of anilines is 1. The number of hydrogen-bond acceptors (Lipinski definition) is 4. The monoisotopic (exact) mass is 375 g/mol. The van der Waals surface area contributed by atoms with Crippen LogP contribution < -0.4 is 10.6 Å². The van der Waals surface area contributed by atoms with E-state index in [1.54, 1.807) is 51.1 Å². The molecule has 4 amide bonds. The van der Waals surface area contributed by atoms with E-state index in [0.717, 1.165) is 4.90 Å². The molecule has 1 atom stereocenters. The molecule has 136 valence electrons. The van der Waals surface area contributed by atoms with Gasteiger partial charge in [-0.2, -0.15) is 0 Å². The average molecular weight is 376 g/mol. The summed E-state index contributed by atoms with van der Waals surface area (Å²) in [6.07, 6.45) is 0. The Kier molecular flexibility index (Phi) is 4.50. The van der Waals surface area contributed by atoms with Crippen molar-refractivity contribution in [3.8, 4) is 0 Å². The highest BCUT2D eigenvalue weighted by Gasteiger charge is 2.51. The largest absolute Gasteiger partial charge is 0.466 e. The Morgan fingerprint density at radius 3 is 2.50 bits per heavy atom. The van der Waals surface area contributed by atoms with E-state index >= 15 is 0 Å². The number of hydrogen-bond donors (Lipinski definition) is 2. The molecule has 26 heavy (non-hydrogen) atoms. The Hall–Kier alpha value is -2.80.